The van der Waals surface area contributed by atoms with Crippen molar-refractivity contribution in [3.05, 3.63) is 53.5 Å². The molecule has 2 N–H and O–H groups in total. The van der Waals surface area contributed by atoms with Gasteiger partial charge in [-0.25, -0.2) is 14.8 Å². The summed E-state index contributed by atoms with van der Waals surface area (Å²) in [5.41, 5.74) is 2.51. The largest absolute Gasteiger partial charge is 0.476 e. The molecule has 0 saturated heterocycles. The van der Waals surface area contributed by atoms with E-state index < -0.39 is 5.97 Å². The van der Waals surface area contributed by atoms with E-state index in [1.54, 1.807) is 0 Å². The van der Waals surface area contributed by atoms with Crippen LogP contribution in [0.2, 0.25) is 0 Å². The summed E-state index contributed by atoms with van der Waals surface area (Å²) in [7, 11) is 4.07. The highest BCUT2D eigenvalue weighted by Gasteiger charge is 2.14. The minimum atomic E-state index is -1.08. The summed E-state index contributed by atoms with van der Waals surface area (Å²) in [5, 5.41) is 12.1. The van der Waals surface area contributed by atoms with Gasteiger partial charge in [0.25, 0.3) is 0 Å². The fourth-order valence-electron chi connectivity index (χ4n) is 2.68. The molecule has 6 heteroatoms. The Hall–Kier alpha value is -2.47. The molecular weight excluding hydrogens is 316 g/mol. The van der Waals surface area contributed by atoms with Gasteiger partial charge in [0.15, 0.2) is 5.69 Å². The molecule has 0 aliphatic heterocycles. The van der Waals surface area contributed by atoms with Gasteiger partial charge in [-0.15, -0.1) is 0 Å². The number of anilines is 1. The van der Waals surface area contributed by atoms with Gasteiger partial charge in [-0.2, -0.15) is 0 Å². The third-order valence-corrected chi connectivity index (χ3v) is 3.98. The molecule has 1 aromatic heterocycles. The topological polar surface area (TPSA) is 78.3 Å². The lowest BCUT2D eigenvalue weighted by Gasteiger charge is -2.25. The molecule has 2 aromatic rings. The fourth-order valence-corrected chi connectivity index (χ4v) is 2.68. The Morgan fingerprint density at radius 2 is 1.84 bits per heavy atom. The Morgan fingerprint density at radius 1 is 1.16 bits per heavy atom. The SMILES string of the molecule is CC(C)Cc1ccc(C(CNc2cnc(C(=O)O)cn2)N(C)C)cc1. The van der Waals surface area contributed by atoms with Gasteiger partial charge in [0.05, 0.1) is 18.4 Å². The minimum Gasteiger partial charge on any atom is -0.476 e. The lowest BCUT2D eigenvalue weighted by atomic mass is 9.99. The Balaban J connectivity index is 2.04. The van der Waals surface area contributed by atoms with Crippen molar-refractivity contribution in [2.45, 2.75) is 26.3 Å². The third kappa shape index (κ3) is 5.53. The van der Waals surface area contributed by atoms with E-state index in [4.69, 9.17) is 5.11 Å². The molecule has 0 aliphatic rings. The molecule has 134 valence electrons. The van der Waals surface area contributed by atoms with Crippen LogP contribution in [0.25, 0.3) is 0 Å². The molecule has 1 unspecified atom stereocenters. The van der Waals surface area contributed by atoms with Gasteiger partial charge in [0.2, 0.25) is 0 Å². The average molecular weight is 342 g/mol. The number of aromatic nitrogens is 2. The Kier molecular flexibility index (Phi) is 6.47. The van der Waals surface area contributed by atoms with Crippen molar-refractivity contribution in [3.63, 3.8) is 0 Å². The van der Waals surface area contributed by atoms with Crippen molar-refractivity contribution in [2.24, 2.45) is 5.92 Å². The van der Waals surface area contributed by atoms with Crippen LogP contribution < -0.4 is 5.32 Å². The number of carboxylic acids is 1. The second kappa shape index (κ2) is 8.58. The number of aromatic carboxylic acids is 1. The fraction of sp³-hybridized carbons (Fsp3) is 0.421. The number of carbonyl (C=O) groups is 1. The predicted molar refractivity (Wildman–Crippen MR) is 98.9 cm³/mol. The summed E-state index contributed by atoms with van der Waals surface area (Å²) >= 11 is 0. The van der Waals surface area contributed by atoms with Crippen LogP contribution in [0, 0.1) is 5.92 Å². The second-order valence-corrected chi connectivity index (χ2v) is 6.79. The molecule has 1 aromatic carbocycles. The Labute approximate surface area is 148 Å². The van der Waals surface area contributed by atoms with E-state index in [9.17, 15) is 4.79 Å². The van der Waals surface area contributed by atoms with E-state index in [1.165, 1.54) is 23.5 Å². The molecule has 0 spiro atoms. The van der Waals surface area contributed by atoms with Gasteiger partial charge in [-0.05, 0) is 37.6 Å². The lowest BCUT2D eigenvalue weighted by molar-refractivity contribution is 0.0690. The Bertz CT molecular complexity index is 682. The molecule has 0 radical (unpaired) electrons. The first-order valence-corrected chi connectivity index (χ1v) is 8.41. The minimum absolute atomic E-state index is 0.0598. The van der Waals surface area contributed by atoms with Crippen LogP contribution in [0.4, 0.5) is 5.82 Å². The van der Waals surface area contributed by atoms with Crippen molar-refractivity contribution >= 4 is 11.8 Å². The molecule has 1 atom stereocenters. The highest BCUT2D eigenvalue weighted by atomic mass is 16.4. The monoisotopic (exact) mass is 342 g/mol. The quantitative estimate of drug-likeness (QED) is 0.767. The molecule has 0 amide bonds. The summed E-state index contributed by atoms with van der Waals surface area (Å²) in [5.74, 6) is 0.129. The Morgan fingerprint density at radius 3 is 2.32 bits per heavy atom. The van der Waals surface area contributed by atoms with Crippen molar-refractivity contribution in [3.8, 4) is 0 Å². The zero-order valence-corrected chi connectivity index (χ0v) is 15.2. The smallest absolute Gasteiger partial charge is 0.356 e. The highest BCUT2D eigenvalue weighted by molar-refractivity contribution is 5.84. The number of carboxylic acid groups (broad SMARTS) is 1. The van der Waals surface area contributed by atoms with Gasteiger partial charge in [-0.3, -0.25) is 0 Å². The third-order valence-electron chi connectivity index (χ3n) is 3.98. The van der Waals surface area contributed by atoms with Gasteiger partial charge < -0.3 is 15.3 Å². The van der Waals surface area contributed by atoms with E-state index in [0.29, 0.717) is 18.3 Å². The number of nitrogens with zero attached hydrogens (tertiary/aromatic N) is 3. The highest BCUT2D eigenvalue weighted by Crippen LogP contribution is 2.20. The zero-order chi connectivity index (χ0) is 18.4. The first kappa shape index (κ1) is 18.9. The van der Waals surface area contributed by atoms with Crippen LogP contribution in [0.3, 0.4) is 0 Å². The van der Waals surface area contributed by atoms with Crippen LogP contribution >= 0.6 is 0 Å². The zero-order valence-electron chi connectivity index (χ0n) is 15.2. The van der Waals surface area contributed by atoms with Gasteiger partial charge in [-0.1, -0.05) is 38.1 Å². The number of hydrogen-bond acceptors (Lipinski definition) is 5. The van der Waals surface area contributed by atoms with Gasteiger partial charge in [0, 0.05) is 6.54 Å². The maximum atomic E-state index is 10.8. The molecule has 0 fully saturated rings. The second-order valence-electron chi connectivity index (χ2n) is 6.79. The van der Waals surface area contributed by atoms with E-state index in [1.807, 2.05) is 14.1 Å². The van der Waals surface area contributed by atoms with E-state index in [2.05, 4.69) is 58.3 Å². The summed E-state index contributed by atoms with van der Waals surface area (Å²) in [6.45, 7) is 5.09. The molecule has 25 heavy (non-hydrogen) atoms. The summed E-state index contributed by atoms with van der Waals surface area (Å²) < 4.78 is 0. The van der Waals surface area contributed by atoms with E-state index in [-0.39, 0.29) is 11.7 Å². The normalized spacial score (nSPS) is 12.4. The predicted octanol–water partition coefficient (Wildman–Crippen LogP) is 3.09. The number of rotatable bonds is 8. The average Bonchev–Trinajstić information content (AvgIpc) is 2.56. The van der Waals surface area contributed by atoms with Crippen molar-refractivity contribution in [1.82, 2.24) is 14.9 Å². The maximum Gasteiger partial charge on any atom is 0.356 e. The van der Waals surface area contributed by atoms with E-state index in [0.717, 1.165) is 6.42 Å². The van der Waals surface area contributed by atoms with E-state index >= 15 is 0 Å². The first-order chi connectivity index (χ1) is 11.9. The van der Waals surface area contributed by atoms with Crippen LogP contribution in [-0.4, -0.2) is 46.6 Å². The summed E-state index contributed by atoms with van der Waals surface area (Å²) in [6.07, 6.45) is 3.79. The summed E-state index contributed by atoms with van der Waals surface area (Å²) in [6, 6.07) is 8.89. The maximum absolute atomic E-state index is 10.8. The van der Waals surface area contributed by atoms with Gasteiger partial charge >= 0.3 is 5.97 Å². The molecule has 6 nitrogen and oxygen atoms in total. The van der Waals surface area contributed by atoms with Crippen LogP contribution in [0.15, 0.2) is 36.7 Å². The number of benzene rings is 1. The molecule has 1 heterocycles. The molecule has 0 saturated carbocycles. The van der Waals surface area contributed by atoms with Crippen molar-refractivity contribution < 1.29 is 9.90 Å². The van der Waals surface area contributed by atoms with Crippen LogP contribution in [0.5, 0.6) is 0 Å². The van der Waals surface area contributed by atoms with Crippen molar-refractivity contribution in [1.29, 1.82) is 0 Å². The molecule has 2 rings (SSSR count). The molecule has 0 aliphatic carbocycles. The first-order valence-electron chi connectivity index (χ1n) is 8.41. The lowest BCUT2D eigenvalue weighted by Crippen LogP contribution is -2.27. The summed E-state index contributed by atoms with van der Waals surface area (Å²) in [4.78, 5) is 20.9. The van der Waals surface area contributed by atoms with Crippen LogP contribution in [0.1, 0.15) is 41.5 Å². The van der Waals surface area contributed by atoms with Crippen molar-refractivity contribution in [2.75, 3.05) is 26.0 Å². The molecule has 0 bridgehead atoms. The standard InChI is InChI=1S/C19H26N4O2/c1-13(2)9-14-5-7-15(8-6-14)17(23(3)4)11-22-18-12-20-16(10-21-18)19(24)25/h5-8,10,12-13,17H,9,11H2,1-4H3,(H,21,22)(H,24,25). The number of hydrogen-bond donors (Lipinski definition) is 2. The van der Waals surface area contributed by atoms with Gasteiger partial charge in [0.1, 0.15) is 5.82 Å². The number of nitrogens with one attached hydrogen (secondary N) is 1. The number of likely N-dealkylation sites (N-methyl/N-ethyl adjacent to an activating group) is 1. The van der Waals surface area contributed by atoms with Crippen LogP contribution in [-0.2, 0) is 6.42 Å². The molecular formula is C19H26N4O2.